The SMILES string of the molecule is COCCOc1cc(OC)cc(C(Nc2ccc(C(=N)N)cc2)C2=NC(c3cc(=O)cn[nH]3)NN2)c1. The van der Waals surface area contributed by atoms with Crippen molar-refractivity contribution in [1.82, 2.24) is 21.0 Å². The first-order chi connectivity index (χ1) is 17.5. The number of ether oxygens (including phenoxy) is 3. The van der Waals surface area contributed by atoms with Crippen molar-refractivity contribution in [2.45, 2.75) is 12.2 Å². The molecule has 0 radical (unpaired) electrons. The highest BCUT2D eigenvalue weighted by atomic mass is 16.5. The van der Waals surface area contributed by atoms with E-state index in [9.17, 15) is 4.79 Å². The zero-order valence-corrected chi connectivity index (χ0v) is 19.9. The standard InChI is InChI=1S/C24H28N8O4/c1-34-7-8-36-19-10-15(9-18(12-19)35-2)21(28-16-5-3-14(4-6-16)22(25)26)24-29-23(31-32-24)20-11-17(33)13-27-30-20/h3-6,9-13,21,23,28,31H,7-8H2,1-2H3,(H3,25,26)(H,29,32)(H,30,33). The van der Waals surface area contributed by atoms with E-state index in [0.29, 0.717) is 41.8 Å². The average molecular weight is 493 g/mol. The minimum absolute atomic E-state index is 0.0110. The number of hydrazine groups is 1. The Balaban J connectivity index is 1.70. The molecule has 2 unspecified atom stereocenters. The molecular formula is C24H28N8O4. The lowest BCUT2D eigenvalue weighted by molar-refractivity contribution is 0.146. The van der Waals surface area contributed by atoms with Crippen molar-refractivity contribution in [2.24, 2.45) is 10.7 Å². The number of benzene rings is 2. The van der Waals surface area contributed by atoms with E-state index in [0.717, 1.165) is 11.3 Å². The molecule has 0 saturated carbocycles. The number of aromatic nitrogens is 2. The second-order valence-electron chi connectivity index (χ2n) is 7.91. The van der Waals surface area contributed by atoms with Gasteiger partial charge in [0.1, 0.15) is 35.8 Å². The number of hydrogen-bond donors (Lipinski definition) is 6. The van der Waals surface area contributed by atoms with Gasteiger partial charge in [0.05, 0.1) is 25.6 Å². The number of nitrogens with one attached hydrogen (secondary N) is 5. The van der Waals surface area contributed by atoms with Crippen molar-refractivity contribution in [3.63, 3.8) is 0 Å². The molecule has 12 nitrogen and oxygen atoms in total. The van der Waals surface area contributed by atoms with Gasteiger partial charge in [-0.3, -0.25) is 15.3 Å². The summed E-state index contributed by atoms with van der Waals surface area (Å²) in [6, 6.07) is 13.7. The number of nitrogens with two attached hydrogens (primary N) is 1. The van der Waals surface area contributed by atoms with Crippen molar-refractivity contribution in [3.8, 4) is 11.5 Å². The molecule has 0 fully saturated rings. The molecule has 2 aromatic carbocycles. The maximum atomic E-state index is 11.8. The predicted molar refractivity (Wildman–Crippen MR) is 135 cm³/mol. The maximum absolute atomic E-state index is 11.8. The van der Waals surface area contributed by atoms with E-state index in [1.807, 2.05) is 24.3 Å². The van der Waals surface area contributed by atoms with E-state index < -0.39 is 12.2 Å². The van der Waals surface area contributed by atoms with Crippen molar-refractivity contribution < 1.29 is 14.2 Å². The van der Waals surface area contributed by atoms with E-state index >= 15 is 0 Å². The first-order valence-electron chi connectivity index (χ1n) is 11.1. The van der Waals surface area contributed by atoms with Crippen LogP contribution in [0.25, 0.3) is 0 Å². The Kier molecular flexibility index (Phi) is 7.78. The number of anilines is 1. The Morgan fingerprint density at radius 3 is 2.61 bits per heavy atom. The smallest absolute Gasteiger partial charge is 0.200 e. The van der Waals surface area contributed by atoms with Gasteiger partial charge in [-0.1, -0.05) is 0 Å². The molecule has 36 heavy (non-hydrogen) atoms. The number of nitrogen functional groups attached to an aromatic ring is 1. The monoisotopic (exact) mass is 492 g/mol. The highest BCUT2D eigenvalue weighted by molar-refractivity contribution is 5.95. The van der Waals surface area contributed by atoms with Crippen LogP contribution in [-0.2, 0) is 4.74 Å². The van der Waals surface area contributed by atoms with Crippen LogP contribution >= 0.6 is 0 Å². The number of aromatic amines is 1. The van der Waals surface area contributed by atoms with Crippen molar-refractivity contribution >= 4 is 17.4 Å². The number of H-pyrrole nitrogens is 1. The third-order valence-corrected chi connectivity index (χ3v) is 5.39. The largest absolute Gasteiger partial charge is 0.497 e. The van der Waals surface area contributed by atoms with Crippen LogP contribution in [-0.4, -0.2) is 49.3 Å². The van der Waals surface area contributed by atoms with Crippen molar-refractivity contribution in [3.05, 3.63) is 81.8 Å². The van der Waals surface area contributed by atoms with E-state index in [4.69, 9.17) is 30.3 Å². The average Bonchev–Trinajstić information content (AvgIpc) is 3.37. The molecule has 188 valence electrons. The van der Waals surface area contributed by atoms with Crippen LogP contribution in [0, 0.1) is 5.41 Å². The highest BCUT2D eigenvalue weighted by Gasteiger charge is 2.27. The Morgan fingerprint density at radius 2 is 1.92 bits per heavy atom. The summed E-state index contributed by atoms with van der Waals surface area (Å²) in [5, 5.41) is 17.8. The quantitative estimate of drug-likeness (QED) is 0.132. The lowest BCUT2D eigenvalue weighted by Gasteiger charge is -2.22. The van der Waals surface area contributed by atoms with Gasteiger partial charge in [-0.2, -0.15) is 5.10 Å². The molecule has 0 spiro atoms. The second kappa shape index (κ2) is 11.3. The third-order valence-electron chi connectivity index (χ3n) is 5.39. The van der Waals surface area contributed by atoms with Crippen LogP contribution < -0.4 is 36.8 Å². The first-order valence-corrected chi connectivity index (χ1v) is 11.1. The van der Waals surface area contributed by atoms with E-state index in [2.05, 4.69) is 26.4 Å². The van der Waals surface area contributed by atoms with Crippen molar-refractivity contribution in [1.29, 1.82) is 5.41 Å². The summed E-state index contributed by atoms with van der Waals surface area (Å²) in [5.41, 5.74) is 14.3. The molecule has 3 aromatic rings. The minimum Gasteiger partial charge on any atom is -0.497 e. The molecule has 1 aromatic heterocycles. The minimum atomic E-state index is -0.547. The molecule has 0 bridgehead atoms. The summed E-state index contributed by atoms with van der Waals surface area (Å²) in [6.45, 7) is 0.824. The molecule has 2 atom stereocenters. The van der Waals surface area contributed by atoms with Crippen LogP contribution in [0.5, 0.6) is 11.5 Å². The van der Waals surface area contributed by atoms with Gasteiger partial charge in [-0.15, -0.1) is 0 Å². The molecule has 1 aliphatic heterocycles. The van der Waals surface area contributed by atoms with Crippen LogP contribution in [0.1, 0.15) is 29.0 Å². The lowest BCUT2D eigenvalue weighted by Crippen LogP contribution is -2.37. The number of amidine groups is 2. The Bertz CT molecular complexity index is 1290. The van der Waals surface area contributed by atoms with E-state index in [1.165, 1.54) is 12.3 Å². The van der Waals surface area contributed by atoms with Gasteiger partial charge in [0.15, 0.2) is 6.17 Å². The number of aliphatic imine (C=N–C) groups is 1. The normalized spacial score (nSPS) is 15.5. The molecule has 7 N–H and O–H groups in total. The Morgan fingerprint density at radius 1 is 1.14 bits per heavy atom. The van der Waals surface area contributed by atoms with Gasteiger partial charge >= 0.3 is 0 Å². The molecule has 4 rings (SSSR count). The highest BCUT2D eigenvalue weighted by Crippen LogP contribution is 2.31. The second-order valence-corrected chi connectivity index (χ2v) is 7.91. The summed E-state index contributed by atoms with van der Waals surface area (Å²) in [4.78, 5) is 16.5. The van der Waals surface area contributed by atoms with E-state index in [-0.39, 0.29) is 11.3 Å². The van der Waals surface area contributed by atoms with Gasteiger partial charge in [-0.05, 0) is 42.0 Å². The molecule has 0 amide bonds. The van der Waals surface area contributed by atoms with Gasteiger partial charge in [-0.25, -0.2) is 10.4 Å². The summed E-state index contributed by atoms with van der Waals surface area (Å²) in [6.07, 6.45) is 0.654. The zero-order valence-electron chi connectivity index (χ0n) is 19.9. The topological polar surface area (TPSA) is 172 Å². The molecule has 2 heterocycles. The zero-order chi connectivity index (χ0) is 25.5. The van der Waals surface area contributed by atoms with Crippen LogP contribution in [0.15, 0.2) is 64.5 Å². The maximum Gasteiger partial charge on any atom is 0.200 e. The Labute approximate surface area is 207 Å². The molecule has 0 saturated heterocycles. The van der Waals surface area contributed by atoms with E-state index in [1.54, 1.807) is 32.4 Å². The summed E-state index contributed by atoms with van der Waals surface area (Å²) in [7, 11) is 3.20. The predicted octanol–water partition coefficient (Wildman–Crippen LogP) is 1.45. The third kappa shape index (κ3) is 5.98. The van der Waals surface area contributed by atoms with Crippen molar-refractivity contribution in [2.75, 3.05) is 32.8 Å². The summed E-state index contributed by atoms with van der Waals surface area (Å²) < 4.78 is 16.4. The first kappa shape index (κ1) is 24.7. The van der Waals surface area contributed by atoms with Gasteiger partial charge in [0.2, 0.25) is 5.43 Å². The number of hydrogen-bond acceptors (Lipinski definition) is 10. The molecule has 0 aliphatic carbocycles. The van der Waals surface area contributed by atoms with Crippen LogP contribution in [0.2, 0.25) is 0 Å². The summed E-state index contributed by atoms with van der Waals surface area (Å²) >= 11 is 0. The number of rotatable bonds is 11. The fraction of sp³-hybridized carbons (Fsp3) is 0.250. The number of methoxy groups -OCH3 is 2. The van der Waals surface area contributed by atoms with Crippen LogP contribution in [0.3, 0.4) is 0 Å². The van der Waals surface area contributed by atoms with Gasteiger partial charge in [0, 0.05) is 30.5 Å². The Hall–Kier alpha value is -4.42. The molecule has 12 heteroatoms. The van der Waals surface area contributed by atoms with Gasteiger partial charge < -0.3 is 30.7 Å². The lowest BCUT2D eigenvalue weighted by atomic mass is 10.0. The fourth-order valence-electron chi connectivity index (χ4n) is 3.60. The van der Waals surface area contributed by atoms with Crippen LogP contribution in [0.4, 0.5) is 5.69 Å². The molecular weight excluding hydrogens is 464 g/mol. The summed E-state index contributed by atoms with van der Waals surface area (Å²) in [5.74, 6) is 1.78. The number of nitrogens with zero attached hydrogens (tertiary/aromatic N) is 2. The fourth-order valence-corrected chi connectivity index (χ4v) is 3.60. The van der Waals surface area contributed by atoms with Gasteiger partial charge in [0.25, 0.3) is 0 Å². The molecule has 1 aliphatic rings.